The van der Waals surface area contributed by atoms with Gasteiger partial charge in [-0.15, -0.1) is 0 Å². The lowest BCUT2D eigenvalue weighted by Gasteiger charge is -2.36. The minimum absolute atomic E-state index is 0.0972. The van der Waals surface area contributed by atoms with Crippen molar-refractivity contribution in [3.05, 3.63) is 53.6 Å². The summed E-state index contributed by atoms with van der Waals surface area (Å²) in [5, 5.41) is 15.6. The van der Waals surface area contributed by atoms with Crippen molar-refractivity contribution in [2.24, 2.45) is 0 Å². The monoisotopic (exact) mass is 497 g/mol. The summed E-state index contributed by atoms with van der Waals surface area (Å²) in [5.74, 6) is 0.683. The van der Waals surface area contributed by atoms with Crippen molar-refractivity contribution in [1.82, 2.24) is 10.0 Å². The third-order valence-corrected chi connectivity index (χ3v) is 7.02. The smallest absolute Gasteiger partial charge is 0.319 e. The maximum Gasteiger partial charge on any atom is 0.319 e. The molecule has 3 atom stereocenters. The first-order valence-corrected chi connectivity index (χ1v) is 12.4. The van der Waals surface area contributed by atoms with E-state index < -0.39 is 22.2 Å². The van der Waals surface area contributed by atoms with Crippen LogP contribution in [-0.4, -0.2) is 58.1 Å². The van der Waals surface area contributed by atoms with E-state index in [-0.39, 0.29) is 30.2 Å². The van der Waals surface area contributed by atoms with Crippen LogP contribution < -0.4 is 20.1 Å². The highest BCUT2D eigenvalue weighted by Gasteiger charge is 2.32. The van der Waals surface area contributed by atoms with Gasteiger partial charge in [0.05, 0.1) is 30.8 Å². The molecule has 4 N–H and O–H groups in total. The van der Waals surface area contributed by atoms with E-state index in [0.29, 0.717) is 35.7 Å². The zero-order valence-corrected chi connectivity index (χ0v) is 19.7. The summed E-state index contributed by atoms with van der Waals surface area (Å²) >= 11 is 5.87. The fourth-order valence-corrected chi connectivity index (χ4v) is 4.94. The van der Waals surface area contributed by atoms with Crippen LogP contribution in [0.3, 0.4) is 0 Å². The first kappa shape index (κ1) is 25.3. The Morgan fingerprint density at radius 1 is 1.21 bits per heavy atom. The summed E-state index contributed by atoms with van der Waals surface area (Å²) in [6, 6.07) is 12.2. The Hall–Kier alpha value is -2.37. The molecular weight excluding hydrogens is 470 g/mol. The largest absolute Gasteiger partial charge is 0.497 e. The minimum Gasteiger partial charge on any atom is -0.497 e. The van der Waals surface area contributed by atoms with Gasteiger partial charge >= 0.3 is 6.03 Å². The molecule has 1 saturated heterocycles. The number of rotatable bonds is 9. The molecule has 0 aliphatic carbocycles. The number of carbonyl (C=O) groups excluding carboxylic acids is 1. The number of hydrogen-bond acceptors (Lipinski definition) is 6. The second-order valence-corrected chi connectivity index (χ2v) is 9.84. The van der Waals surface area contributed by atoms with Gasteiger partial charge in [-0.25, -0.2) is 17.9 Å². The summed E-state index contributed by atoms with van der Waals surface area (Å²) in [4.78, 5) is 12.4. The topological polar surface area (TPSA) is 126 Å². The predicted molar refractivity (Wildman–Crippen MR) is 125 cm³/mol. The van der Waals surface area contributed by atoms with Gasteiger partial charge in [0, 0.05) is 17.3 Å². The number of hydrogen-bond donors (Lipinski definition) is 4. The van der Waals surface area contributed by atoms with Crippen molar-refractivity contribution >= 4 is 33.3 Å². The molecule has 3 rings (SSSR count). The Labute approximate surface area is 198 Å². The number of benzene rings is 2. The number of anilines is 1. The molecule has 0 saturated carbocycles. The number of halogens is 1. The van der Waals surface area contributed by atoms with Gasteiger partial charge in [0.25, 0.3) is 0 Å². The van der Waals surface area contributed by atoms with Crippen LogP contribution in [0.4, 0.5) is 10.5 Å². The van der Waals surface area contributed by atoms with Crippen LogP contribution in [0.25, 0.3) is 0 Å². The van der Waals surface area contributed by atoms with Crippen molar-refractivity contribution in [1.29, 1.82) is 0 Å². The van der Waals surface area contributed by atoms with Crippen LogP contribution in [0.2, 0.25) is 5.02 Å². The molecule has 1 heterocycles. The van der Waals surface area contributed by atoms with Crippen LogP contribution in [0.5, 0.6) is 5.75 Å². The lowest BCUT2D eigenvalue weighted by Crippen LogP contribution is -2.52. The minimum atomic E-state index is -3.68. The van der Waals surface area contributed by atoms with Gasteiger partial charge in [-0.3, -0.25) is 0 Å². The number of amides is 2. The second-order valence-electron chi connectivity index (χ2n) is 7.63. The second kappa shape index (κ2) is 11.7. The SMILES string of the molecule is COc1ccc(NC(=O)N[C@@H]2CC[C@@H](CCNS(=O)(=O)c3cccc(Cl)c3)O[C@H]2CO)cc1. The number of aliphatic hydroxyl groups is 1. The molecule has 0 aromatic heterocycles. The Morgan fingerprint density at radius 2 is 1.97 bits per heavy atom. The number of aliphatic hydroxyl groups excluding tert-OH is 1. The highest BCUT2D eigenvalue weighted by atomic mass is 35.5. The maximum atomic E-state index is 12.4. The normalized spacial score (nSPS) is 20.8. The van der Waals surface area contributed by atoms with Gasteiger partial charge in [-0.05, 0) is 61.7 Å². The van der Waals surface area contributed by atoms with Crippen LogP contribution >= 0.6 is 11.6 Å². The number of ether oxygens (including phenoxy) is 2. The zero-order valence-electron chi connectivity index (χ0n) is 18.2. The first-order chi connectivity index (χ1) is 15.8. The van der Waals surface area contributed by atoms with E-state index in [2.05, 4.69) is 15.4 Å². The van der Waals surface area contributed by atoms with E-state index in [4.69, 9.17) is 21.1 Å². The number of urea groups is 1. The van der Waals surface area contributed by atoms with Crippen LogP contribution in [0, 0.1) is 0 Å². The molecule has 1 fully saturated rings. The molecule has 180 valence electrons. The fourth-order valence-electron chi connectivity index (χ4n) is 3.59. The third-order valence-electron chi connectivity index (χ3n) is 5.32. The summed E-state index contributed by atoms with van der Waals surface area (Å²) in [6.07, 6.45) is 0.804. The van der Waals surface area contributed by atoms with E-state index in [1.54, 1.807) is 43.5 Å². The van der Waals surface area contributed by atoms with Crippen molar-refractivity contribution in [2.75, 3.05) is 25.6 Å². The average molecular weight is 498 g/mol. The van der Waals surface area contributed by atoms with Gasteiger partial charge in [-0.1, -0.05) is 17.7 Å². The quantitative estimate of drug-likeness (QED) is 0.422. The number of methoxy groups -OCH3 is 1. The third kappa shape index (κ3) is 7.31. The summed E-state index contributed by atoms with van der Waals surface area (Å²) in [5.41, 5.74) is 0.607. The Balaban J connectivity index is 1.46. The van der Waals surface area contributed by atoms with E-state index in [1.165, 1.54) is 12.1 Å². The lowest BCUT2D eigenvalue weighted by atomic mass is 9.97. The van der Waals surface area contributed by atoms with E-state index in [0.717, 1.165) is 0 Å². The lowest BCUT2D eigenvalue weighted by molar-refractivity contribution is -0.0884. The Bertz CT molecular complexity index is 1030. The molecule has 0 unspecified atom stereocenters. The molecule has 11 heteroatoms. The summed E-state index contributed by atoms with van der Waals surface area (Å²) < 4.78 is 38.3. The predicted octanol–water partition coefficient (Wildman–Crippen LogP) is 2.75. The molecule has 0 spiro atoms. The van der Waals surface area contributed by atoms with Crippen molar-refractivity contribution in [3.63, 3.8) is 0 Å². The number of nitrogens with one attached hydrogen (secondary N) is 3. The fraction of sp³-hybridized carbons (Fsp3) is 0.409. The van der Waals surface area contributed by atoms with Crippen molar-refractivity contribution in [3.8, 4) is 5.75 Å². The molecule has 0 bridgehead atoms. The molecule has 1 aliphatic rings. The van der Waals surface area contributed by atoms with Crippen LogP contribution in [0.15, 0.2) is 53.4 Å². The van der Waals surface area contributed by atoms with Crippen LogP contribution in [0.1, 0.15) is 19.3 Å². The highest BCUT2D eigenvalue weighted by molar-refractivity contribution is 7.89. The molecule has 2 aromatic carbocycles. The highest BCUT2D eigenvalue weighted by Crippen LogP contribution is 2.23. The molecular formula is C22H28ClN3O6S. The van der Waals surface area contributed by atoms with Crippen molar-refractivity contribution < 1.29 is 27.8 Å². The average Bonchev–Trinajstić information content (AvgIpc) is 2.80. The molecule has 1 aliphatic heterocycles. The molecule has 2 amide bonds. The van der Waals surface area contributed by atoms with E-state index >= 15 is 0 Å². The van der Waals surface area contributed by atoms with Gasteiger partial charge in [0.2, 0.25) is 10.0 Å². The first-order valence-electron chi connectivity index (χ1n) is 10.5. The molecule has 33 heavy (non-hydrogen) atoms. The number of carbonyl (C=O) groups is 1. The summed E-state index contributed by atoms with van der Waals surface area (Å²) in [7, 11) is -2.11. The van der Waals surface area contributed by atoms with Gasteiger partial charge in [-0.2, -0.15) is 0 Å². The number of sulfonamides is 1. The van der Waals surface area contributed by atoms with Gasteiger partial charge in [0.1, 0.15) is 11.9 Å². The maximum absolute atomic E-state index is 12.4. The van der Waals surface area contributed by atoms with Gasteiger partial charge < -0.3 is 25.2 Å². The standard InChI is InChI=1S/C22H28ClN3O6S/c1-31-17-7-5-16(6-8-17)25-22(28)26-20-10-9-18(32-21(20)14-27)11-12-24-33(29,30)19-4-2-3-15(23)13-19/h2-8,13,18,20-21,24,27H,9-12,14H2,1H3,(H2,25,26,28)/t18-,20+,21-/m0/s1. The molecule has 0 radical (unpaired) electrons. The van der Waals surface area contributed by atoms with E-state index in [1.807, 2.05) is 0 Å². The van der Waals surface area contributed by atoms with Gasteiger partial charge in [0.15, 0.2) is 0 Å². The molecule has 9 nitrogen and oxygen atoms in total. The zero-order chi connectivity index (χ0) is 23.8. The Morgan fingerprint density at radius 3 is 2.64 bits per heavy atom. The molecule has 2 aromatic rings. The van der Waals surface area contributed by atoms with Crippen molar-refractivity contribution in [2.45, 2.75) is 42.4 Å². The van der Waals surface area contributed by atoms with E-state index in [9.17, 15) is 18.3 Å². The summed E-state index contributed by atoms with van der Waals surface area (Å²) in [6.45, 7) is -0.0913. The van der Waals surface area contributed by atoms with Crippen LogP contribution in [-0.2, 0) is 14.8 Å². The Kier molecular flexibility index (Phi) is 8.93.